The zero-order valence-corrected chi connectivity index (χ0v) is 7.98. The van der Waals surface area contributed by atoms with E-state index in [1.54, 1.807) is 0 Å². The van der Waals surface area contributed by atoms with Gasteiger partial charge in [-0.15, -0.1) is 0 Å². The Bertz CT molecular complexity index is 487. The highest BCUT2D eigenvalue weighted by Gasteiger charge is 2.47. The fraction of sp³-hybridized carbons (Fsp3) is 0.111. The molecule has 0 aromatic heterocycles. The van der Waals surface area contributed by atoms with Crippen molar-refractivity contribution < 1.29 is 39.5 Å². The van der Waals surface area contributed by atoms with E-state index >= 15 is 0 Å². The van der Waals surface area contributed by atoms with Gasteiger partial charge in [0.25, 0.3) is 0 Å². The summed E-state index contributed by atoms with van der Waals surface area (Å²) in [6, 6.07) is -0.419. The first kappa shape index (κ1) is 14.4. The van der Waals surface area contributed by atoms with Crippen molar-refractivity contribution >= 4 is 0 Å². The molecule has 0 bridgehead atoms. The van der Waals surface area contributed by atoms with Crippen molar-refractivity contribution in [2.24, 2.45) is 0 Å². The van der Waals surface area contributed by atoms with Gasteiger partial charge in [-0.3, -0.25) is 0 Å². The lowest BCUT2D eigenvalue weighted by atomic mass is 10.1. The second-order valence-corrected chi connectivity index (χ2v) is 2.99. The number of alkyl halides is 2. The molecule has 0 unspecified atom stereocenters. The van der Waals surface area contributed by atoms with Crippen LogP contribution in [0, 0.1) is 23.3 Å². The molecule has 100 valence electrons. The average Bonchev–Trinajstić information content (AvgIpc) is 2.25. The predicted octanol–water partition coefficient (Wildman–Crippen LogP) is 4.41. The molecule has 0 atom stereocenters. The SMILES string of the molecule is FC(F)=C(F)C(F)(F)c1c(F)c(F)cc(F)c1F. The highest BCUT2D eigenvalue weighted by Crippen LogP contribution is 2.42. The zero-order valence-electron chi connectivity index (χ0n) is 7.98. The minimum Gasteiger partial charge on any atom is -0.204 e. The monoisotopic (exact) mass is 280 g/mol. The van der Waals surface area contributed by atoms with E-state index < -0.39 is 52.7 Å². The Morgan fingerprint density at radius 3 is 1.56 bits per heavy atom. The number of hydrogen-bond acceptors (Lipinski definition) is 0. The second-order valence-electron chi connectivity index (χ2n) is 2.99. The van der Waals surface area contributed by atoms with E-state index in [1.807, 2.05) is 0 Å². The van der Waals surface area contributed by atoms with Crippen molar-refractivity contribution in [3.05, 3.63) is 46.8 Å². The molecule has 0 saturated carbocycles. The molecule has 0 aliphatic carbocycles. The van der Waals surface area contributed by atoms with Gasteiger partial charge in [-0.2, -0.15) is 22.0 Å². The van der Waals surface area contributed by atoms with Crippen LogP contribution in [-0.4, -0.2) is 0 Å². The minimum atomic E-state index is -5.53. The van der Waals surface area contributed by atoms with Gasteiger partial charge in [-0.05, 0) is 0 Å². The number of hydrogen-bond donors (Lipinski definition) is 0. The zero-order chi connectivity index (χ0) is 14.2. The van der Waals surface area contributed by atoms with Crippen molar-refractivity contribution in [1.82, 2.24) is 0 Å². The van der Waals surface area contributed by atoms with Gasteiger partial charge < -0.3 is 0 Å². The maximum absolute atomic E-state index is 13.0. The van der Waals surface area contributed by atoms with Crippen LogP contribution in [0.1, 0.15) is 5.56 Å². The molecule has 0 nitrogen and oxygen atoms in total. The predicted molar refractivity (Wildman–Crippen MR) is 40.5 cm³/mol. The normalized spacial score (nSPS) is 11.6. The Labute approximate surface area is 93.3 Å². The van der Waals surface area contributed by atoms with Crippen LogP contribution in [0.4, 0.5) is 39.5 Å². The van der Waals surface area contributed by atoms with Crippen molar-refractivity contribution in [2.75, 3.05) is 0 Å². The van der Waals surface area contributed by atoms with E-state index in [-0.39, 0.29) is 0 Å². The molecular formula is C9HF9. The Hall–Kier alpha value is -1.67. The molecule has 18 heavy (non-hydrogen) atoms. The second kappa shape index (κ2) is 4.54. The summed E-state index contributed by atoms with van der Waals surface area (Å²) in [6.07, 6.45) is -3.57. The maximum Gasteiger partial charge on any atom is 0.335 e. The molecule has 1 aromatic rings. The van der Waals surface area contributed by atoms with Gasteiger partial charge in [-0.1, -0.05) is 0 Å². The van der Waals surface area contributed by atoms with E-state index in [9.17, 15) is 39.5 Å². The van der Waals surface area contributed by atoms with E-state index in [0.29, 0.717) is 0 Å². The molecule has 0 aliphatic heterocycles. The first-order valence-electron chi connectivity index (χ1n) is 4.03. The smallest absolute Gasteiger partial charge is 0.204 e. The molecule has 0 spiro atoms. The summed E-state index contributed by atoms with van der Waals surface area (Å²) in [5.41, 5.74) is -2.76. The molecule has 0 saturated heterocycles. The summed E-state index contributed by atoms with van der Waals surface area (Å²) in [7, 11) is 0. The van der Waals surface area contributed by atoms with Crippen molar-refractivity contribution in [1.29, 1.82) is 0 Å². The number of benzene rings is 1. The first-order chi connectivity index (χ1) is 8.10. The quantitative estimate of drug-likeness (QED) is 0.556. The van der Waals surface area contributed by atoms with Gasteiger partial charge >= 0.3 is 12.0 Å². The summed E-state index contributed by atoms with van der Waals surface area (Å²) < 4.78 is 113. The van der Waals surface area contributed by atoms with Crippen molar-refractivity contribution in [3.63, 3.8) is 0 Å². The van der Waals surface area contributed by atoms with Gasteiger partial charge in [0.1, 0.15) is 5.56 Å². The molecular weight excluding hydrogens is 279 g/mol. The Morgan fingerprint density at radius 2 is 1.22 bits per heavy atom. The van der Waals surface area contributed by atoms with E-state index in [2.05, 4.69) is 0 Å². The van der Waals surface area contributed by atoms with Crippen molar-refractivity contribution in [3.8, 4) is 0 Å². The summed E-state index contributed by atoms with van der Waals surface area (Å²) in [5, 5.41) is 0. The van der Waals surface area contributed by atoms with Crippen LogP contribution in [0.3, 0.4) is 0 Å². The van der Waals surface area contributed by atoms with Crippen LogP contribution in [0.25, 0.3) is 0 Å². The standard InChI is InChI=1S/C9HF9/c10-2-1-3(11)6(13)4(5(2)12)9(17,18)7(14)8(15)16/h1H. The molecule has 9 heteroatoms. The van der Waals surface area contributed by atoms with Crippen molar-refractivity contribution in [2.45, 2.75) is 5.92 Å². The van der Waals surface area contributed by atoms with Crippen LogP contribution in [0.2, 0.25) is 0 Å². The number of allylic oxidation sites excluding steroid dienone is 1. The lowest BCUT2D eigenvalue weighted by Crippen LogP contribution is -2.21. The fourth-order valence-electron chi connectivity index (χ4n) is 1.08. The van der Waals surface area contributed by atoms with Gasteiger partial charge in [0.15, 0.2) is 23.3 Å². The Morgan fingerprint density at radius 1 is 0.833 bits per heavy atom. The molecule has 0 radical (unpaired) electrons. The Kier molecular flexibility index (Phi) is 3.63. The topological polar surface area (TPSA) is 0 Å². The van der Waals surface area contributed by atoms with Crippen LogP contribution in [0.5, 0.6) is 0 Å². The molecule has 0 heterocycles. The largest absolute Gasteiger partial charge is 0.335 e. The van der Waals surface area contributed by atoms with E-state index in [4.69, 9.17) is 0 Å². The molecule has 0 aliphatic rings. The van der Waals surface area contributed by atoms with Crippen LogP contribution in [0.15, 0.2) is 18.0 Å². The lowest BCUT2D eigenvalue weighted by Gasteiger charge is -2.16. The van der Waals surface area contributed by atoms with Crippen LogP contribution >= 0.6 is 0 Å². The van der Waals surface area contributed by atoms with E-state index in [0.717, 1.165) is 0 Å². The molecule has 1 aromatic carbocycles. The maximum atomic E-state index is 13.0. The van der Waals surface area contributed by atoms with Gasteiger partial charge in [-0.25, -0.2) is 17.6 Å². The summed E-state index contributed by atoms with van der Waals surface area (Å²) in [4.78, 5) is 0. The molecule has 0 fully saturated rings. The molecule has 0 amide bonds. The fourth-order valence-corrected chi connectivity index (χ4v) is 1.08. The average molecular weight is 280 g/mol. The third-order valence-corrected chi connectivity index (χ3v) is 1.87. The minimum absolute atomic E-state index is 0.419. The van der Waals surface area contributed by atoms with Crippen LogP contribution < -0.4 is 0 Å². The highest BCUT2D eigenvalue weighted by molar-refractivity contribution is 5.32. The Balaban J connectivity index is 3.66. The summed E-state index contributed by atoms with van der Waals surface area (Å²) in [5.74, 6) is -18.9. The number of rotatable bonds is 2. The highest BCUT2D eigenvalue weighted by atomic mass is 19.3. The molecule has 1 rings (SSSR count). The summed E-state index contributed by atoms with van der Waals surface area (Å²) >= 11 is 0. The van der Waals surface area contributed by atoms with Gasteiger partial charge in [0, 0.05) is 6.07 Å². The van der Waals surface area contributed by atoms with Gasteiger partial charge in [0.05, 0.1) is 0 Å². The third-order valence-electron chi connectivity index (χ3n) is 1.87. The summed E-state index contributed by atoms with van der Waals surface area (Å²) in [6.45, 7) is 0. The van der Waals surface area contributed by atoms with Crippen LogP contribution in [-0.2, 0) is 5.92 Å². The number of halogens is 9. The lowest BCUT2D eigenvalue weighted by molar-refractivity contribution is -0.00224. The third kappa shape index (κ3) is 2.16. The first-order valence-corrected chi connectivity index (χ1v) is 4.03. The van der Waals surface area contributed by atoms with E-state index in [1.165, 1.54) is 0 Å². The molecule has 0 N–H and O–H groups in total. The van der Waals surface area contributed by atoms with Gasteiger partial charge in [0.2, 0.25) is 5.83 Å².